The Morgan fingerprint density at radius 3 is 2.95 bits per heavy atom. The summed E-state index contributed by atoms with van der Waals surface area (Å²) in [7, 11) is 0. The Balaban J connectivity index is 2.05. The number of rotatable bonds is 5. The van der Waals surface area contributed by atoms with Crippen LogP contribution >= 0.6 is 0 Å². The molecule has 2 heterocycles. The number of carbonyl (C=O) groups excluding carboxylic acids is 1. The first kappa shape index (κ1) is 13.8. The van der Waals surface area contributed by atoms with E-state index in [-0.39, 0.29) is 36.1 Å². The summed E-state index contributed by atoms with van der Waals surface area (Å²) < 4.78 is 19.7. The molecule has 2 aromatic heterocycles. The second-order valence-electron chi connectivity index (χ2n) is 3.70. The quantitative estimate of drug-likeness (QED) is 0.749. The van der Waals surface area contributed by atoms with Gasteiger partial charge >= 0.3 is 11.9 Å². The third-order valence-corrected chi connectivity index (χ3v) is 2.27. The Bertz CT molecular complexity index is 660. The van der Waals surface area contributed by atoms with Crippen molar-refractivity contribution in [3.05, 3.63) is 40.0 Å². The SMILES string of the molecule is CCOC(=O)c1nc(COc2c(C)occc2=O)no1. The standard InChI is InChI=1S/C12H12N2O6/c1-3-17-12(16)11-13-9(14-20-11)6-19-10-7(2)18-5-4-8(10)15/h4-5H,3,6H2,1-2H3. The van der Waals surface area contributed by atoms with Gasteiger partial charge in [-0.1, -0.05) is 5.16 Å². The molecule has 0 atom stereocenters. The van der Waals surface area contributed by atoms with Crippen LogP contribution in [0.1, 0.15) is 29.2 Å². The van der Waals surface area contributed by atoms with Gasteiger partial charge in [0.1, 0.15) is 5.76 Å². The van der Waals surface area contributed by atoms with E-state index in [4.69, 9.17) is 18.4 Å². The maximum absolute atomic E-state index is 11.5. The second-order valence-corrected chi connectivity index (χ2v) is 3.70. The average Bonchev–Trinajstić information content (AvgIpc) is 2.87. The van der Waals surface area contributed by atoms with Crippen LogP contribution in [-0.4, -0.2) is 22.7 Å². The van der Waals surface area contributed by atoms with E-state index in [1.54, 1.807) is 13.8 Å². The van der Waals surface area contributed by atoms with Crippen LogP contribution in [-0.2, 0) is 11.3 Å². The number of aromatic nitrogens is 2. The van der Waals surface area contributed by atoms with E-state index in [0.717, 1.165) is 0 Å². The summed E-state index contributed by atoms with van der Waals surface area (Å²) in [5.41, 5.74) is -0.317. The minimum atomic E-state index is -0.707. The predicted octanol–water partition coefficient (Wildman–Crippen LogP) is 1.09. The first-order valence-corrected chi connectivity index (χ1v) is 5.82. The molecule has 0 bridgehead atoms. The molecule has 0 aromatic carbocycles. The van der Waals surface area contributed by atoms with E-state index >= 15 is 0 Å². The van der Waals surface area contributed by atoms with Crippen molar-refractivity contribution in [2.24, 2.45) is 0 Å². The monoisotopic (exact) mass is 280 g/mol. The largest absolute Gasteiger partial charge is 0.478 e. The van der Waals surface area contributed by atoms with Crippen LogP contribution in [0.2, 0.25) is 0 Å². The Labute approximate surface area is 113 Å². The fraction of sp³-hybridized carbons (Fsp3) is 0.333. The third-order valence-electron chi connectivity index (χ3n) is 2.27. The second kappa shape index (κ2) is 6.00. The number of carbonyl (C=O) groups is 1. The van der Waals surface area contributed by atoms with Crippen molar-refractivity contribution in [2.45, 2.75) is 20.5 Å². The van der Waals surface area contributed by atoms with Crippen molar-refractivity contribution in [1.29, 1.82) is 0 Å². The van der Waals surface area contributed by atoms with E-state index in [2.05, 4.69) is 10.1 Å². The lowest BCUT2D eigenvalue weighted by atomic mass is 10.4. The molecule has 0 fully saturated rings. The maximum atomic E-state index is 11.5. The van der Waals surface area contributed by atoms with Crippen LogP contribution in [0.4, 0.5) is 0 Å². The first-order chi connectivity index (χ1) is 9.61. The van der Waals surface area contributed by atoms with Crippen molar-refractivity contribution in [3.63, 3.8) is 0 Å². The van der Waals surface area contributed by atoms with Gasteiger partial charge in [0.15, 0.2) is 6.61 Å². The zero-order valence-corrected chi connectivity index (χ0v) is 10.9. The summed E-state index contributed by atoms with van der Waals surface area (Å²) in [6.45, 7) is 3.34. The predicted molar refractivity (Wildman–Crippen MR) is 64.3 cm³/mol. The summed E-state index contributed by atoms with van der Waals surface area (Å²) in [5, 5.41) is 3.55. The van der Waals surface area contributed by atoms with Crippen molar-refractivity contribution < 1.29 is 23.2 Å². The number of nitrogens with zero attached hydrogens (tertiary/aromatic N) is 2. The molecule has 2 rings (SSSR count). The summed E-state index contributed by atoms with van der Waals surface area (Å²) in [6, 6.07) is 1.24. The molecule has 0 saturated heterocycles. The van der Waals surface area contributed by atoms with Crippen molar-refractivity contribution in [1.82, 2.24) is 10.1 Å². The van der Waals surface area contributed by atoms with Crippen LogP contribution in [0.25, 0.3) is 0 Å². The van der Waals surface area contributed by atoms with Crippen LogP contribution < -0.4 is 10.2 Å². The summed E-state index contributed by atoms with van der Waals surface area (Å²) in [5.74, 6) is -0.443. The lowest BCUT2D eigenvalue weighted by Crippen LogP contribution is -2.09. The van der Waals surface area contributed by atoms with Gasteiger partial charge < -0.3 is 18.4 Å². The first-order valence-electron chi connectivity index (χ1n) is 5.82. The molecule has 2 aromatic rings. The maximum Gasteiger partial charge on any atom is 0.397 e. The number of hydrogen-bond acceptors (Lipinski definition) is 8. The number of esters is 1. The van der Waals surface area contributed by atoms with Gasteiger partial charge in [0.2, 0.25) is 17.0 Å². The molecule has 0 spiro atoms. The molecule has 106 valence electrons. The van der Waals surface area contributed by atoms with Gasteiger partial charge in [-0.05, 0) is 13.8 Å². The van der Waals surface area contributed by atoms with Gasteiger partial charge in [-0.3, -0.25) is 4.79 Å². The van der Waals surface area contributed by atoms with Gasteiger partial charge in [0.25, 0.3) is 0 Å². The molecule has 0 N–H and O–H groups in total. The number of hydrogen-bond donors (Lipinski definition) is 0. The molecular formula is C12H12N2O6. The van der Waals surface area contributed by atoms with Gasteiger partial charge in [-0.2, -0.15) is 4.98 Å². The molecule has 8 nitrogen and oxygen atoms in total. The molecule has 8 heteroatoms. The minimum absolute atomic E-state index is 0.0648. The highest BCUT2D eigenvalue weighted by atomic mass is 16.6. The Hall–Kier alpha value is -2.64. The number of ether oxygens (including phenoxy) is 2. The summed E-state index contributed by atoms with van der Waals surface area (Å²) in [6.07, 6.45) is 1.28. The molecule has 20 heavy (non-hydrogen) atoms. The Morgan fingerprint density at radius 2 is 2.25 bits per heavy atom. The highest BCUT2D eigenvalue weighted by Gasteiger charge is 2.17. The molecule has 0 amide bonds. The summed E-state index contributed by atoms with van der Waals surface area (Å²) in [4.78, 5) is 26.6. The minimum Gasteiger partial charge on any atom is -0.478 e. The topological polar surface area (TPSA) is 105 Å². The van der Waals surface area contributed by atoms with Crippen LogP contribution in [0.3, 0.4) is 0 Å². The fourth-order valence-electron chi connectivity index (χ4n) is 1.40. The Morgan fingerprint density at radius 1 is 1.45 bits per heavy atom. The smallest absolute Gasteiger partial charge is 0.397 e. The Kier molecular flexibility index (Phi) is 4.14. The van der Waals surface area contributed by atoms with E-state index in [9.17, 15) is 9.59 Å². The molecule has 0 radical (unpaired) electrons. The highest BCUT2D eigenvalue weighted by Crippen LogP contribution is 2.12. The van der Waals surface area contributed by atoms with E-state index in [0.29, 0.717) is 5.76 Å². The van der Waals surface area contributed by atoms with E-state index < -0.39 is 5.97 Å². The lowest BCUT2D eigenvalue weighted by molar-refractivity contribution is 0.0470. The molecule has 0 aliphatic heterocycles. The molecule has 0 aliphatic rings. The normalized spacial score (nSPS) is 10.3. The fourth-order valence-corrected chi connectivity index (χ4v) is 1.40. The van der Waals surface area contributed by atoms with Crippen molar-refractivity contribution in [3.8, 4) is 5.75 Å². The molecule has 0 saturated carbocycles. The van der Waals surface area contributed by atoms with Gasteiger partial charge in [-0.25, -0.2) is 4.79 Å². The van der Waals surface area contributed by atoms with Gasteiger partial charge in [0.05, 0.1) is 12.9 Å². The third kappa shape index (κ3) is 3.02. The van der Waals surface area contributed by atoms with Crippen LogP contribution in [0.5, 0.6) is 5.75 Å². The van der Waals surface area contributed by atoms with Crippen molar-refractivity contribution >= 4 is 5.97 Å². The molecular weight excluding hydrogens is 268 g/mol. The average molecular weight is 280 g/mol. The zero-order chi connectivity index (χ0) is 14.5. The van der Waals surface area contributed by atoms with Gasteiger partial charge in [-0.15, -0.1) is 0 Å². The lowest BCUT2D eigenvalue weighted by Gasteiger charge is -2.03. The van der Waals surface area contributed by atoms with Crippen molar-refractivity contribution in [2.75, 3.05) is 6.61 Å². The molecule has 0 aliphatic carbocycles. The van der Waals surface area contributed by atoms with Crippen LogP contribution in [0.15, 0.2) is 26.1 Å². The highest BCUT2D eigenvalue weighted by molar-refractivity contribution is 5.83. The van der Waals surface area contributed by atoms with Crippen LogP contribution in [0, 0.1) is 6.92 Å². The number of aryl methyl sites for hydroxylation is 1. The van der Waals surface area contributed by atoms with E-state index in [1.807, 2.05) is 0 Å². The summed E-state index contributed by atoms with van der Waals surface area (Å²) >= 11 is 0. The van der Waals surface area contributed by atoms with E-state index in [1.165, 1.54) is 12.3 Å². The van der Waals surface area contributed by atoms with Gasteiger partial charge in [0, 0.05) is 6.07 Å². The molecule has 0 unspecified atom stereocenters. The zero-order valence-electron chi connectivity index (χ0n) is 10.9.